The zero-order valence-electron chi connectivity index (χ0n) is 16.7. The predicted molar refractivity (Wildman–Crippen MR) is 103 cm³/mol. The maximum absolute atomic E-state index is 14.1. The number of aliphatic hydroxyl groups is 1. The molecular formula is C21H21F4N3O3. The summed E-state index contributed by atoms with van der Waals surface area (Å²) in [5.74, 6) is -5.88. The van der Waals surface area contributed by atoms with Crippen LogP contribution in [0, 0.1) is 17.5 Å². The number of nitrogens with zero attached hydrogens (tertiary/aromatic N) is 2. The molecule has 31 heavy (non-hydrogen) atoms. The Hall–Kier alpha value is -3.30. The van der Waals surface area contributed by atoms with Crippen LogP contribution in [0.5, 0.6) is 0 Å². The third-order valence-corrected chi connectivity index (χ3v) is 5.08. The molecule has 0 bridgehead atoms. The molecule has 0 saturated carbocycles. The Morgan fingerprint density at radius 1 is 1.29 bits per heavy atom. The van der Waals surface area contributed by atoms with Gasteiger partial charge in [-0.15, -0.1) is 0 Å². The standard InChI is InChI=1S/C21H21F4N3O3/c1-3-4-27-10-17(11(2)22)28-9-12(5-18(29)19(28)21(27)31)20(30)26-8-14-15(24)6-13(23)7-16(14)25/h6-7,9,17,29H,2-5,8,10H2,1H3,(H,26,30)/t17-/m0/s1. The largest absolute Gasteiger partial charge is 0.510 e. The molecule has 1 aromatic rings. The van der Waals surface area contributed by atoms with Gasteiger partial charge in [-0.3, -0.25) is 9.59 Å². The molecule has 1 saturated heterocycles. The molecule has 0 unspecified atom stereocenters. The van der Waals surface area contributed by atoms with Crippen LogP contribution in [0.4, 0.5) is 17.6 Å². The van der Waals surface area contributed by atoms with Gasteiger partial charge < -0.3 is 20.2 Å². The molecule has 0 aliphatic carbocycles. The van der Waals surface area contributed by atoms with Gasteiger partial charge in [-0.2, -0.15) is 0 Å². The lowest BCUT2D eigenvalue weighted by atomic mass is 9.99. The Morgan fingerprint density at radius 3 is 2.52 bits per heavy atom. The number of carbonyl (C=O) groups excluding carboxylic acids is 2. The van der Waals surface area contributed by atoms with Crippen LogP contribution in [0.15, 0.2) is 47.8 Å². The Morgan fingerprint density at radius 2 is 1.94 bits per heavy atom. The van der Waals surface area contributed by atoms with E-state index in [1.165, 1.54) is 11.1 Å². The normalized spacial score (nSPS) is 18.7. The van der Waals surface area contributed by atoms with E-state index in [0.29, 0.717) is 25.1 Å². The summed E-state index contributed by atoms with van der Waals surface area (Å²) in [5.41, 5.74) is -0.729. The fourth-order valence-corrected chi connectivity index (χ4v) is 3.58. The summed E-state index contributed by atoms with van der Waals surface area (Å²) in [6, 6.07) is -0.0228. The van der Waals surface area contributed by atoms with Gasteiger partial charge in [0.05, 0.1) is 0 Å². The van der Waals surface area contributed by atoms with E-state index in [4.69, 9.17) is 0 Å². The van der Waals surface area contributed by atoms with E-state index in [9.17, 15) is 32.3 Å². The molecule has 1 atom stereocenters. The van der Waals surface area contributed by atoms with Gasteiger partial charge in [0, 0.05) is 55.5 Å². The molecule has 3 rings (SSSR count). The molecule has 0 radical (unpaired) electrons. The first-order valence-electron chi connectivity index (χ1n) is 9.60. The second-order valence-electron chi connectivity index (χ2n) is 7.28. The number of halogens is 4. The van der Waals surface area contributed by atoms with Crippen LogP contribution >= 0.6 is 0 Å². The fourth-order valence-electron chi connectivity index (χ4n) is 3.58. The third-order valence-electron chi connectivity index (χ3n) is 5.08. The van der Waals surface area contributed by atoms with Crippen molar-refractivity contribution in [3.63, 3.8) is 0 Å². The molecule has 2 amide bonds. The zero-order valence-corrected chi connectivity index (χ0v) is 16.7. The molecule has 2 heterocycles. The van der Waals surface area contributed by atoms with Crippen LogP contribution < -0.4 is 5.32 Å². The molecule has 2 aliphatic heterocycles. The lowest BCUT2D eigenvalue weighted by Crippen LogP contribution is -2.54. The number of piperazine rings is 1. The molecule has 2 N–H and O–H groups in total. The van der Waals surface area contributed by atoms with Crippen molar-refractivity contribution in [3.8, 4) is 0 Å². The van der Waals surface area contributed by atoms with Crippen LogP contribution in [0.3, 0.4) is 0 Å². The first-order chi connectivity index (χ1) is 14.6. The van der Waals surface area contributed by atoms with Crippen LogP contribution in [-0.2, 0) is 16.1 Å². The van der Waals surface area contributed by atoms with E-state index in [1.54, 1.807) is 0 Å². The number of amides is 2. The SMILES string of the molecule is C=C(F)[C@@H]1CN(CCC)C(=O)C2=C(O)CC(C(=O)NCc3c(F)cc(F)cc3F)=CN21. The van der Waals surface area contributed by atoms with Crippen molar-refractivity contribution in [2.45, 2.75) is 32.4 Å². The lowest BCUT2D eigenvalue weighted by molar-refractivity contribution is -0.132. The molecule has 2 aliphatic rings. The van der Waals surface area contributed by atoms with Crippen molar-refractivity contribution in [2.75, 3.05) is 13.1 Å². The van der Waals surface area contributed by atoms with E-state index >= 15 is 0 Å². The third kappa shape index (κ3) is 4.42. The quantitative estimate of drug-likeness (QED) is 0.668. The number of hydrogen-bond donors (Lipinski definition) is 2. The summed E-state index contributed by atoms with van der Waals surface area (Å²) < 4.78 is 54.7. The highest BCUT2D eigenvalue weighted by molar-refractivity contribution is 5.98. The molecule has 0 aromatic heterocycles. The Labute approximate surface area is 176 Å². The van der Waals surface area contributed by atoms with Gasteiger partial charge >= 0.3 is 0 Å². The first-order valence-corrected chi connectivity index (χ1v) is 9.60. The van der Waals surface area contributed by atoms with Gasteiger partial charge in [0.2, 0.25) is 5.91 Å². The maximum Gasteiger partial charge on any atom is 0.274 e. The highest BCUT2D eigenvalue weighted by Crippen LogP contribution is 2.33. The van der Waals surface area contributed by atoms with Crippen molar-refractivity contribution in [1.29, 1.82) is 0 Å². The highest BCUT2D eigenvalue weighted by Gasteiger charge is 2.41. The lowest BCUT2D eigenvalue weighted by Gasteiger charge is -2.43. The van der Waals surface area contributed by atoms with Gasteiger partial charge in [-0.25, -0.2) is 17.6 Å². The number of hydrogen-bond acceptors (Lipinski definition) is 4. The monoisotopic (exact) mass is 439 g/mol. The van der Waals surface area contributed by atoms with Crippen LogP contribution in [0.2, 0.25) is 0 Å². The maximum atomic E-state index is 14.1. The fraction of sp³-hybridized carbons (Fsp3) is 0.333. The number of carbonyl (C=O) groups is 2. The second kappa shape index (κ2) is 8.83. The number of fused-ring (bicyclic) bond motifs is 1. The van der Waals surface area contributed by atoms with Crippen molar-refractivity contribution in [3.05, 3.63) is 70.8 Å². The number of allylic oxidation sites excluding steroid dienone is 1. The zero-order chi connectivity index (χ0) is 22.9. The van der Waals surface area contributed by atoms with Gasteiger partial charge in [0.15, 0.2) is 0 Å². The van der Waals surface area contributed by atoms with E-state index in [2.05, 4.69) is 11.9 Å². The number of aliphatic hydroxyl groups excluding tert-OH is 1. The van der Waals surface area contributed by atoms with Gasteiger partial charge in [-0.05, 0) is 6.42 Å². The number of nitrogens with one attached hydrogen (secondary N) is 1. The van der Waals surface area contributed by atoms with Crippen molar-refractivity contribution >= 4 is 11.8 Å². The Bertz CT molecular complexity index is 983. The summed E-state index contributed by atoms with van der Waals surface area (Å²) in [6.45, 7) is 4.91. The average molecular weight is 439 g/mol. The van der Waals surface area contributed by atoms with E-state index in [0.717, 1.165) is 4.90 Å². The van der Waals surface area contributed by atoms with E-state index < -0.39 is 59.0 Å². The predicted octanol–water partition coefficient (Wildman–Crippen LogP) is 3.18. The average Bonchev–Trinajstić information content (AvgIpc) is 2.68. The minimum atomic E-state index is -1.16. The van der Waals surface area contributed by atoms with Gasteiger partial charge in [-0.1, -0.05) is 13.5 Å². The van der Waals surface area contributed by atoms with Crippen LogP contribution in [0.25, 0.3) is 0 Å². The van der Waals surface area contributed by atoms with Crippen molar-refractivity contribution < 1.29 is 32.3 Å². The summed E-state index contributed by atoms with van der Waals surface area (Å²) in [4.78, 5) is 27.8. The minimum Gasteiger partial charge on any atom is -0.510 e. The molecule has 1 fully saturated rings. The van der Waals surface area contributed by atoms with Gasteiger partial charge in [0.1, 0.15) is 40.8 Å². The van der Waals surface area contributed by atoms with Crippen molar-refractivity contribution in [1.82, 2.24) is 15.1 Å². The smallest absolute Gasteiger partial charge is 0.274 e. The molecule has 166 valence electrons. The van der Waals surface area contributed by atoms with Gasteiger partial charge in [0.25, 0.3) is 5.91 Å². The summed E-state index contributed by atoms with van der Waals surface area (Å²) in [6.07, 6.45) is 1.52. The molecule has 1 aromatic carbocycles. The minimum absolute atomic E-state index is 0.0177. The summed E-state index contributed by atoms with van der Waals surface area (Å²) in [7, 11) is 0. The Kier molecular flexibility index (Phi) is 6.37. The number of rotatable bonds is 6. The van der Waals surface area contributed by atoms with E-state index in [-0.39, 0.29) is 24.2 Å². The Balaban J connectivity index is 1.82. The summed E-state index contributed by atoms with van der Waals surface area (Å²) >= 11 is 0. The highest BCUT2D eigenvalue weighted by atomic mass is 19.1. The van der Waals surface area contributed by atoms with Crippen molar-refractivity contribution in [2.24, 2.45) is 0 Å². The first kappa shape index (κ1) is 22.4. The second-order valence-corrected chi connectivity index (χ2v) is 7.28. The summed E-state index contributed by atoms with van der Waals surface area (Å²) in [5, 5.41) is 12.7. The molecule has 10 heteroatoms. The molecule has 6 nitrogen and oxygen atoms in total. The molecular weight excluding hydrogens is 418 g/mol. The van der Waals surface area contributed by atoms with Crippen LogP contribution in [-0.4, -0.2) is 45.9 Å². The topological polar surface area (TPSA) is 72.9 Å². The van der Waals surface area contributed by atoms with E-state index in [1.807, 2.05) is 6.92 Å². The number of benzene rings is 1. The molecule has 0 spiro atoms. The van der Waals surface area contributed by atoms with Crippen LogP contribution in [0.1, 0.15) is 25.3 Å².